The fraction of sp³-hybridized carbons (Fsp3) is 0. The monoisotopic (exact) mass is 171 g/mol. The van der Waals surface area contributed by atoms with Gasteiger partial charge in [-0.3, -0.25) is 4.57 Å². The van der Waals surface area contributed by atoms with Gasteiger partial charge in [0.1, 0.15) is 24.5 Å². The number of rotatable bonds is 1. The minimum atomic E-state index is 0.539. The number of nitrogens with zero attached hydrogens (tertiary/aromatic N) is 5. The van der Waals surface area contributed by atoms with Gasteiger partial charge >= 0.3 is 0 Å². The first-order chi connectivity index (χ1) is 6.40. The van der Waals surface area contributed by atoms with Crippen LogP contribution in [0, 0.1) is 11.3 Å². The third-order valence-electron chi connectivity index (χ3n) is 1.56. The zero-order valence-electron chi connectivity index (χ0n) is 6.62. The van der Waals surface area contributed by atoms with Gasteiger partial charge in [-0.15, -0.1) is 10.2 Å². The van der Waals surface area contributed by atoms with Crippen molar-refractivity contribution in [2.24, 2.45) is 0 Å². The highest BCUT2D eigenvalue weighted by Crippen LogP contribution is 2.02. The predicted octanol–water partition coefficient (Wildman–Crippen LogP) is 0.534. The molecule has 0 N–H and O–H groups in total. The van der Waals surface area contributed by atoms with Crippen molar-refractivity contribution >= 4 is 0 Å². The molecule has 2 aromatic rings. The van der Waals surface area contributed by atoms with E-state index in [0.717, 1.165) is 0 Å². The van der Waals surface area contributed by atoms with Crippen LogP contribution in [0.3, 0.4) is 0 Å². The van der Waals surface area contributed by atoms with E-state index in [1.54, 1.807) is 29.4 Å². The van der Waals surface area contributed by atoms with E-state index in [4.69, 9.17) is 5.26 Å². The van der Waals surface area contributed by atoms with E-state index in [0.29, 0.717) is 11.4 Å². The van der Waals surface area contributed by atoms with E-state index < -0.39 is 0 Å². The average Bonchev–Trinajstić information content (AvgIpc) is 2.71. The molecule has 0 saturated heterocycles. The summed E-state index contributed by atoms with van der Waals surface area (Å²) in [6, 6.07) is 5.43. The van der Waals surface area contributed by atoms with E-state index >= 15 is 0 Å². The molecule has 0 aliphatic heterocycles. The van der Waals surface area contributed by atoms with Crippen LogP contribution in [0.15, 0.2) is 31.0 Å². The van der Waals surface area contributed by atoms with Crippen LogP contribution in [-0.4, -0.2) is 19.7 Å². The molecule has 0 atom stereocenters. The van der Waals surface area contributed by atoms with Crippen molar-refractivity contribution in [2.45, 2.75) is 0 Å². The molecule has 62 valence electrons. The first-order valence-electron chi connectivity index (χ1n) is 3.61. The minimum absolute atomic E-state index is 0.539. The molecule has 0 amide bonds. The van der Waals surface area contributed by atoms with Gasteiger partial charge in [-0.2, -0.15) is 5.26 Å². The maximum absolute atomic E-state index is 8.54. The van der Waals surface area contributed by atoms with E-state index in [1.165, 1.54) is 6.20 Å². The smallest absolute Gasteiger partial charge is 0.139 e. The van der Waals surface area contributed by atoms with Crippen LogP contribution >= 0.6 is 0 Å². The van der Waals surface area contributed by atoms with Crippen molar-refractivity contribution in [3.8, 4) is 11.9 Å². The Morgan fingerprint density at radius 3 is 2.54 bits per heavy atom. The lowest BCUT2D eigenvalue weighted by Crippen LogP contribution is -1.93. The third-order valence-corrected chi connectivity index (χ3v) is 1.56. The lowest BCUT2D eigenvalue weighted by atomic mass is 10.3. The first-order valence-corrected chi connectivity index (χ1v) is 3.61. The maximum Gasteiger partial charge on any atom is 0.139 e. The van der Waals surface area contributed by atoms with Crippen LogP contribution in [0.1, 0.15) is 5.56 Å². The molecule has 2 heterocycles. The van der Waals surface area contributed by atoms with Crippen molar-refractivity contribution in [1.82, 2.24) is 19.7 Å². The largest absolute Gasteiger partial charge is 0.272 e. The number of nitriles is 1. The van der Waals surface area contributed by atoms with E-state index in [9.17, 15) is 0 Å². The van der Waals surface area contributed by atoms with Crippen molar-refractivity contribution in [3.05, 3.63) is 36.5 Å². The molecule has 0 aromatic carbocycles. The Hall–Kier alpha value is -2.22. The molecule has 0 unspecified atom stereocenters. The summed E-state index contributed by atoms with van der Waals surface area (Å²) in [6.07, 6.45) is 4.61. The number of aromatic nitrogens is 4. The topological polar surface area (TPSA) is 67.4 Å². The molecule has 2 rings (SSSR count). The Kier molecular flexibility index (Phi) is 1.73. The molecule has 0 aliphatic rings. The SMILES string of the molecule is N#Cc1ccc(-n2cnnc2)nc1. The molecule has 2 aromatic heterocycles. The van der Waals surface area contributed by atoms with E-state index in [-0.39, 0.29) is 0 Å². The van der Waals surface area contributed by atoms with Crippen molar-refractivity contribution in [2.75, 3.05) is 0 Å². The Morgan fingerprint density at radius 1 is 1.23 bits per heavy atom. The van der Waals surface area contributed by atoms with Crippen LogP contribution in [-0.2, 0) is 0 Å². The molecule has 0 bridgehead atoms. The second-order valence-corrected chi connectivity index (χ2v) is 2.39. The Morgan fingerprint density at radius 2 is 2.00 bits per heavy atom. The highest BCUT2D eigenvalue weighted by atomic mass is 15.2. The summed E-state index contributed by atoms with van der Waals surface area (Å²) < 4.78 is 1.67. The zero-order valence-corrected chi connectivity index (χ0v) is 6.62. The molecular formula is C8H5N5. The van der Waals surface area contributed by atoms with Crippen molar-refractivity contribution < 1.29 is 0 Å². The molecule has 0 radical (unpaired) electrons. The maximum atomic E-state index is 8.54. The normalized spacial score (nSPS) is 9.46. The summed E-state index contributed by atoms with van der Waals surface area (Å²) in [4.78, 5) is 4.05. The van der Waals surface area contributed by atoms with E-state index in [2.05, 4.69) is 15.2 Å². The second kappa shape index (κ2) is 3.03. The summed E-state index contributed by atoms with van der Waals surface area (Å²) in [5, 5.41) is 15.8. The van der Waals surface area contributed by atoms with Crippen LogP contribution < -0.4 is 0 Å². The quantitative estimate of drug-likeness (QED) is 0.627. The molecule has 5 heteroatoms. The summed E-state index contributed by atoms with van der Waals surface area (Å²) >= 11 is 0. The Labute approximate surface area is 74.3 Å². The van der Waals surface area contributed by atoms with Gasteiger partial charge in [-0.1, -0.05) is 0 Å². The Balaban J connectivity index is 2.40. The number of hydrogen-bond donors (Lipinski definition) is 0. The van der Waals surface area contributed by atoms with Gasteiger partial charge in [0.05, 0.1) is 5.56 Å². The van der Waals surface area contributed by atoms with Crippen LogP contribution in [0.5, 0.6) is 0 Å². The predicted molar refractivity (Wildman–Crippen MR) is 43.9 cm³/mol. The van der Waals surface area contributed by atoms with Gasteiger partial charge in [0.15, 0.2) is 0 Å². The summed E-state index contributed by atoms with van der Waals surface area (Å²) in [6.45, 7) is 0. The van der Waals surface area contributed by atoms with Crippen molar-refractivity contribution in [3.63, 3.8) is 0 Å². The fourth-order valence-electron chi connectivity index (χ4n) is 0.924. The average molecular weight is 171 g/mol. The van der Waals surface area contributed by atoms with Gasteiger partial charge in [0.2, 0.25) is 0 Å². The summed E-state index contributed by atoms with van der Waals surface area (Å²) in [5.74, 6) is 0.698. The van der Waals surface area contributed by atoms with Gasteiger partial charge in [-0.05, 0) is 12.1 Å². The highest BCUT2D eigenvalue weighted by Gasteiger charge is 1.96. The van der Waals surface area contributed by atoms with Crippen LogP contribution in [0.25, 0.3) is 5.82 Å². The summed E-state index contributed by atoms with van der Waals surface area (Å²) in [5.41, 5.74) is 0.539. The van der Waals surface area contributed by atoms with Crippen molar-refractivity contribution in [1.29, 1.82) is 5.26 Å². The number of hydrogen-bond acceptors (Lipinski definition) is 4. The molecule has 0 fully saturated rings. The standard InChI is InChI=1S/C8H5N5/c9-3-7-1-2-8(10-4-7)13-5-11-12-6-13/h1-2,4-6H. The van der Waals surface area contributed by atoms with E-state index in [1.807, 2.05) is 6.07 Å². The number of pyridine rings is 1. The molecule has 5 nitrogen and oxygen atoms in total. The summed E-state index contributed by atoms with van der Waals surface area (Å²) in [7, 11) is 0. The minimum Gasteiger partial charge on any atom is -0.272 e. The van der Waals surface area contributed by atoms with Crippen LogP contribution in [0.2, 0.25) is 0 Å². The first kappa shape index (κ1) is 7.43. The lowest BCUT2D eigenvalue weighted by molar-refractivity contribution is 0.989. The van der Waals surface area contributed by atoms with Gasteiger partial charge < -0.3 is 0 Å². The molecule has 13 heavy (non-hydrogen) atoms. The Bertz CT molecular complexity index is 423. The molecule has 0 saturated carbocycles. The molecule has 0 spiro atoms. The second-order valence-electron chi connectivity index (χ2n) is 2.39. The van der Waals surface area contributed by atoms with Gasteiger partial charge in [0.25, 0.3) is 0 Å². The fourth-order valence-corrected chi connectivity index (χ4v) is 0.924. The van der Waals surface area contributed by atoms with Gasteiger partial charge in [-0.25, -0.2) is 4.98 Å². The lowest BCUT2D eigenvalue weighted by Gasteiger charge is -1.97. The molecular weight excluding hydrogens is 166 g/mol. The van der Waals surface area contributed by atoms with Crippen LogP contribution in [0.4, 0.5) is 0 Å². The molecule has 0 aliphatic carbocycles. The third kappa shape index (κ3) is 1.37. The zero-order chi connectivity index (χ0) is 9.10. The highest BCUT2D eigenvalue weighted by molar-refractivity contribution is 5.31. The van der Waals surface area contributed by atoms with Gasteiger partial charge in [0, 0.05) is 6.20 Å².